The zero-order valence-corrected chi connectivity index (χ0v) is 12.1. The van der Waals surface area contributed by atoms with Crippen LogP contribution in [-0.4, -0.2) is 23.4 Å². The van der Waals surface area contributed by atoms with Gasteiger partial charge in [-0.2, -0.15) is 5.10 Å². The minimum absolute atomic E-state index is 0.130. The largest absolute Gasteiger partial charge is 0.493 e. The topological polar surface area (TPSA) is 52.2 Å². The highest BCUT2D eigenvalue weighted by atomic mass is 35.5. The highest BCUT2D eigenvalue weighted by molar-refractivity contribution is 6.28. The van der Waals surface area contributed by atoms with Crippen molar-refractivity contribution in [1.29, 1.82) is 0 Å². The van der Waals surface area contributed by atoms with E-state index in [1.807, 2.05) is 24.6 Å². The van der Waals surface area contributed by atoms with Crippen molar-refractivity contribution in [3.63, 3.8) is 0 Å². The fourth-order valence-corrected chi connectivity index (χ4v) is 2.25. The Balaban J connectivity index is 2.46. The summed E-state index contributed by atoms with van der Waals surface area (Å²) in [4.78, 5) is 0. The predicted octanol–water partition coefficient (Wildman–Crippen LogP) is 2.86. The van der Waals surface area contributed by atoms with Gasteiger partial charge in [0.05, 0.1) is 13.3 Å². The molecule has 0 amide bonds. The molecule has 0 fully saturated rings. The van der Waals surface area contributed by atoms with E-state index in [-0.39, 0.29) is 6.04 Å². The van der Waals surface area contributed by atoms with Crippen LogP contribution in [0.2, 0.25) is 5.22 Å². The van der Waals surface area contributed by atoms with Gasteiger partial charge in [0.1, 0.15) is 17.5 Å². The molecule has 0 aromatic carbocycles. The van der Waals surface area contributed by atoms with Gasteiger partial charge in [-0.25, -0.2) is 0 Å². The maximum atomic E-state index is 5.87. The molecule has 0 spiro atoms. The number of rotatable bonds is 6. The third-order valence-electron chi connectivity index (χ3n) is 2.92. The van der Waals surface area contributed by atoms with E-state index >= 15 is 0 Å². The Kier molecular flexibility index (Phi) is 4.50. The average Bonchev–Trinajstić information content (AvgIpc) is 3.01. The van der Waals surface area contributed by atoms with Crippen LogP contribution in [0.5, 0.6) is 5.75 Å². The van der Waals surface area contributed by atoms with Crippen molar-refractivity contribution < 1.29 is 9.15 Å². The van der Waals surface area contributed by atoms with Crippen LogP contribution in [0.25, 0.3) is 0 Å². The Morgan fingerprint density at radius 3 is 2.79 bits per heavy atom. The molecule has 19 heavy (non-hydrogen) atoms. The number of nitrogens with one attached hydrogen (secondary N) is 1. The van der Waals surface area contributed by atoms with Gasteiger partial charge in [-0.05, 0) is 37.2 Å². The van der Waals surface area contributed by atoms with Crippen molar-refractivity contribution >= 4 is 11.6 Å². The number of nitrogens with zero attached hydrogens (tertiary/aromatic N) is 2. The Morgan fingerprint density at radius 1 is 1.47 bits per heavy atom. The molecule has 0 aliphatic rings. The molecule has 6 heteroatoms. The SMILES string of the molecule is CCNC(c1ccc(Cl)o1)c1c(OC)cnn1CC. The molecule has 104 valence electrons. The van der Waals surface area contributed by atoms with Crippen molar-refractivity contribution in [2.45, 2.75) is 26.4 Å². The van der Waals surface area contributed by atoms with Crippen molar-refractivity contribution in [3.8, 4) is 5.75 Å². The first-order valence-electron chi connectivity index (χ1n) is 6.29. The minimum atomic E-state index is -0.130. The van der Waals surface area contributed by atoms with Crippen molar-refractivity contribution in [1.82, 2.24) is 15.1 Å². The van der Waals surface area contributed by atoms with Gasteiger partial charge in [0.25, 0.3) is 0 Å². The van der Waals surface area contributed by atoms with Crippen LogP contribution >= 0.6 is 11.6 Å². The minimum Gasteiger partial charge on any atom is -0.493 e. The summed E-state index contributed by atoms with van der Waals surface area (Å²) in [5.74, 6) is 1.49. The molecule has 0 bridgehead atoms. The zero-order chi connectivity index (χ0) is 13.8. The number of hydrogen-bond acceptors (Lipinski definition) is 4. The Morgan fingerprint density at radius 2 is 2.26 bits per heavy atom. The van der Waals surface area contributed by atoms with E-state index in [9.17, 15) is 0 Å². The van der Waals surface area contributed by atoms with Crippen LogP contribution in [0.4, 0.5) is 0 Å². The summed E-state index contributed by atoms with van der Waals surface area (Å²) in [5, 5.41) is 8.06. The van der Waals surface area contributed by atoms with E-state index in [1.165, 1.54) is 0 Å². The monoisotopic (exact) mass is 283 g/mol. The molecule has 2 aromatic heterocycles. The van der Waals surface area contributed by atoms with Crippen molar-refractivity contribution in [2.24, 2.45) is 0 Å². The summed E-state index contributed by atoms with van der Waals surface area (Å²) in [5.41, 5.74) is 0.942. The average molecular weight is 284 g/mol. The molecular weight excluding hydrogens is 266 g/mol. The van der Waals surface area contributed by atoms with Crippen LogP contribution in [0.15, 0.2) is 22.7 Å². The third-order valence-corrected chi connectivity index (χ3v) is 3.13. The predicted molar refractivity (Wildman–Crippen MR) is 73.7 cm³/mol. The number of hydrogen-bond donors (Lipinski definition) is 1. The van der Waals surface area contributed by atoms with Crippen LogP contribution < -0.4 is 10.1 Å². The highest BCUT2D eigenvalue weighted by Crippen LogP contribution is 2.31. The molecular formula is C13H18ClN3O2. The number of ether oxygens (including phenoxy) is 1. The van der Waals surface area contributed by atoms with E-state index in [2.05, 4.69) is 10.4 Å². The normalized spacial score (nSPS) is 12.6. The number of furan rings is 1. The molecule has 1 N–H and O–H groups in total. The standard InChI is InChI=1S/C13H18ClN3O2/c1-4-15-12(9-6-7-11(14)19-9)13-10(18-3)8-16-17(13)5-2/h6-8,12,15H,4-5H2,1-3H3. The van der Waals surface area contributed by atoms with Gasteiger partial charge < -0.3 is 14.5 Å². The van der Waals surface area contributed by atoms with Gasteiger partial charge in [0, 0.05) is 6.54 Å². The first-order chi connectivity index (χ1) is 9.21. The molecule has 0 aliphatic carbocycles. The molecule has 5 nitrogen and oxygen atoms in total. The molecule has 0 saturated heterocycles. The number of aromatic nitrogens is 2. The summed E-state index contributed by atoms with van der Waals surface area (Å²) in [6.07, 6.45) is 1.72. The van der Waals surface area contributed by atoms with Gasteiger partial charge in [-0.3, -0.25) is 4.68 Å². The van der Waals surface area contributed by atoms with Gasteiger partial charge in [0.15, 0.2) is 11.0 Å². The summed E-state index contributed by atoms with van der Waals surface area (Å²) in [6.45, 7) is 5.63. The second kappa shape index (κ2) is 6.12. The van der Waals surface area contributed by atoms with E-state index < -0.39 is 0 Å². The summed E-state index contributed by atoms with van der Waals surface area (Å²) in [7, 11) is 1.64. The quantitative estimate of drug-likeness (QED) is 0.886. The van der Waals surface area contributed by atoms with Gasteiger partial charge in [-0.15, -0.1) is 0 Å². The van der Waals surface area contributed by atoms with E-state index in [4.69, 9.17) is 20.8 Å². The zero-order valence-electron chi connectivity index (χ0n) is 11.3. The number of methoxy groups -OCH3 is 1. The van der Waals surface area contributed by atoms with Gasteiger partial charge in [-0.1, -0.05) is 6.92 Å². The molecule has 0 saturated carbocycles. The maximum Gasteiger partial charge on any atom is 0.193 e. The van der Waals surface area contributed by atoms with E-state index in [0.717, 1.165) is 30.3 Å². The lowest BCUT2D eigenvalue weighted by molar-refractivity contribution is 0.385. The molecule has 0 radical (unpaired) electrons. The Hall–Kier alpha value is -1.46. The second-order valence-corrected chi connectivity index (χ2v) is 4.42. The van der Waals surface area contributed by atoms with Crippen molar-refractivity contribution in [3.05, 3.63) is 35.0 Å². The number of halogens is 1. The van der Waals surface area contributed by atoms with Crippen LogP contribution in [0.1, 0.15) is 31.3 Å². The molecule has 0 aliphatic heterocycles. The molecule has 2 heterocycles. The first-order valence-corrected chi connectivity index (χ1v) is 6.67. The number of aryl methyl sites for hydroxylation is 1. The summed E-state index contributed by atoms with van der Waals surface area (Å²) in [6, 6.07) is 3.47. The summed E-state index contributed by atoms with van der Waals surface area (Å²) < 4.78 is 12.8. The lowest BCUT2D eigenvalue weighted by Gasteiger charge is -2.18. The molecule has 1 atom stereocenters. The van der Waals surface area contributed by atoms with Crippen LogP contribution in [0, 0.1) is 0 Å². The van der Waals surface area contributed by atoms with Gasteiger partial charge >= 0.3 is 0 Å². The maximum absolute atomic E-state index is 5.87. The fourth-order valence-electron chi connectivity index (χ4n) is 2.10. The highest BCUT2D eigenvalue weighted by Gasteiger charge is 2.25. The first kappa shape index (κ1) is 14.0. The Labute approximate surface area is 117 Å². The Bertz CT molecular complexity index is 514. The smallest absolute Gasteiger partial charge is 0.193 e. The van der Waals surface area contributed by atoms with E-state index in [1.54, 1.807) is 19.4 Å². The molecule has 2 aromatic rings. The van der Waals surface area contributed by atoms with Crippen LogP contribution in [-0.2, 0) is 6.54 Å². The van der Waals surface area contributed by atoms with E-state index in [0.29, 0.717) is 5.22 Å². The molecule has 1 unspecified atom stereocenters. The van der Waals surface area contributed by atoms with Crippen molar-refractivity contribution in [2.75, 3.05) is 13.7 Å². The van der Waals surface area contributed by atoms with Gasteiger partial charge in [0.2, 0.25) is 0 Å². The third kappa shape index (κ3) is 2.77. The lowest BCUT2D eigenvalue weighted by Crippen LogP contribution is -2.25. The lowest BCUT2D eigenvalue weighted by atomic mass is 10.1. The second-order valence-electron chi connectivity index (χ2n) is 4.05. The van der Waals surface area contributed by atoms with Crippen LogP contribution in [0.3, 0.4) is 0 Å². The fraction of sp³-hybridized carbons (Fsp3) is 0.462. The molecule has 2 rings (SSSR count). The summed E-state index contributed by atoms with van der Waals surface area (Å²) >= 11 is 5.87.